The van der Waals surface area contributed by atoms with Gasteiger partial charge < -0.3 is 15.4 Å². The van der Waals surface area contributed by atoms with Crippen molar-refractivity contribution in [3.05, 3.63) is 23.8 Å². The second-order valence-corrected chi connectivity index (χ2v) is 4.46. The maximum absolute atomic E-state index is 11.9. The predicted octanol–water partition coefficient (Wildman–Crippen LogP) is 1.32. The summed E-state index contributed by atoms with van der Waals surface area (Å²) in [6.45, 7) is 3.25. The van der Waals surface area contributed by atoms with E-state index in [9.17, 15) is 4.79 Å². The summed E-state index contributed by atoms with van der Waals surface area (Å²) in [6.07, 6.45) is 0.548. The van der Waals surface area contributed by atoms with Gasteiger partial charge in [0.1, 0.15) is 5.75 Å². The van der Waals surface area contributed by atoms with Gasteiger partial charge in [-0.1, -0.05) is 6.07 Å². The van der Waals surface area contributed by atoms with Crippen LogP contribution < -0.4 is 15.4 Å². The predicted molar refractivity (Wildman–Crippen MR) is 67.2 cm³/mol. The highest BCUT2D eigenvalue weighted by atomic mass is 16.5. The number of methoxy groups -OCH3 is 1. The molecule has 1 aromatic rings. The van der Waals surface area contributed by atoms with Gasteiger partial charge in [0.25, 0.3) is 0 Å². The lowest BCUT2D eigenvalue weighted by molar-refractivity contribution is -0.117. The molecular formula is C13H18N2O2. The lowest BCUT2D eigenvalue weighted by atomic mass is 10.1. The lowest BCUT2D eigenvalue weighted by Gasteiger charge is -2.18. The second-order valence-electron chi connectivity index (χ2n) is 4.46. The molecule has 1 aromatic carbocycles. The van der Waals surface area contributed by atoms with Gasteiger partial charge in [-0.2, -0.15) is 0 Å². The van der Waals surface area contributed by atoms with Gasteiger partial charge in [-0.15, -0.1) is 0 Å². The minimum atomic E-state index is 0.145. The first-order valence-corrected chi connectivity index (χ1v) is 5.80. The molecule has 1 aliphatic rings. The summed E-state index contributed by atoms with van der Waals surface area (Å²) in [4.78, 5) is 13.6. The van der Waals surface area contributed by atoms with Crippen LogP contribution in [0.1, 0.15) is 12.0 Å². The van der Waals surface area contributed by atoms with Crippen LogP contribution >= 0.6 is 0 Å². The van der Waals surface area contributed by atoms with E-state index in [-0.39, 0.29) is 11.8 Å². The van der Waals surface area contributed by atoms with Gasteiger partial charge >= 0.3 is 0 Å². The third-order valence-electron chi connectivity index (χ3n) is 3.24. The topological polar surface area (TPSA) is 55.6 Å². The zero-order chi connectivity index (χ0) is 12.4. The molecule has 1 heterocycles. The molecule has 1 unspecified atom stereocenters. The number of amides is 1. The Bertz CT molecular complexity index is 431. The highest BCUT2D eigenvalue weighted by molar-refractivity contribution is 5.96. The number of hydrogen-bond donors (Lipinski definition) is 1. The average molecular weight is 234 g/mol. The van der Waals surface area contributed by atoms with Crippen LogP contribution in [-0.2, 0) is 4.79 Å². The Morgan fingerprint density at radius 2 is 2.29 bits per heavy atom. The number of ether oxygens (including phenoxy) is 1. The Balaban J connectivity index is 2.26. The fraction of sp³-hybridized carbons (Fsp3) is 0.462. The number of aryl methyl sites for hydroxylation is 1. The Hall–Kier alpha value is -1.55. The van der Waals surface area contributed by atoms with Gasteiger partial charge in [-0.05, 0) is 31.0 Å². The van der Waals surface area contributed by atoms with Gasteiger partial charge in [0, 0.05) is 24.7 Å². The number of hydrogen-bond acceptors (Lipinski definition) is 3. The van der Waals surface area contributed by atoms with E-state index in [1.54, 1.807) is 12.0 Å². The zero-order valence-electron chi connectivity index (χ0n) is 10.3. The fourth-order valence-electron chi connectivity index (χ4n) is 2.17. The SMILES string of the molecule is COc1cc(N2CC(CN)CC2=O)ccc1C. The van der Waals surface area contributed by atoms with E-state index in [4.69, 9.17) is 10.5 Å². The van der Waals surface area contributed by atoms with Gasteiger partial charge in [0.15, 0.2) is 0 Å². The molecule has 2 rings (SSSR count). The molecule has 0 aliphatic carbocycles. The van der Waals surface area contributed by atoms with Crippen LogP contribution in [-0.4, -0.2) is 26.1 Å². The number of carbonyl (C=O) groups is 1. The number of nitrogens with two attached hydrogens (primary N) is 1. The van der Waals surface area contributed by atoms with E-state index in [0.717, 1.165) is 17.0 Å². The Morgan fingerprint density at radius 1 is 1.53 bits per heavy atom. The molecule has 4 nitrogen and oxygen atoms in total. The highest BCUT2D eigenvalue weighted by Crippen LogP contribution is 2.29. The minimum Gasteiger partial charge on any atom is -0.496 e. The number of anilines is 1. The number of rotatable bonds is 3. The summed E-state index contributed by atoms with van der Waals surface area (Å²) in [7, 11) is 1.64. The average Bonchev–Trinajstić information content (AvgIpc) is 2.71. The smallest absolute Gasteiger partial charge is 0.227 e. The van der Waals surface area contributed by atoms with Crippen molar-refractivity contribution in [2.45, 2.75) is 13.3 Å². The standard InChI is InChI=1S/C13H18N2O2/c1-9-3-4-11(6-12(9)17-2)15-8-10(7-14)5-13(15)16/h3-4,6,10H,5,7-8,14H2,1-2H3. The van der Waals surface area contributed by atoms with Crippen molar-refractivity contribution < 1.29 is 9.53 Å². The molecule has 1 fully saturated rings. The molecule has 0 spiro atoms. The Labute approximate surface area is 101 Å². The van der Waals surface area contributed by atoms with Crippen molar-refractivity contribution in [2.75, 3.05) is 25.1 Å². The largest absolute Gasteiger partial charge is 0.496 e. The molecule has 4 heteroatoms. The summed E-state index contributed by atoms with van der Waals surface area (Å²) in [5, 5.41) is 0. The maximum Gasteiger partial charge on any atom is 0.227 e. The van der Waals surface area contributed by atoms with Gasteiger partial charge in [0.05, 0.1) is 7.11 Å². The first-order chi connectivity index (χ1) is 8.15. The van der Waals surface area contributed by atoms with Crippen LogP contribution in [0.15, 0.2) is 18.2 Å². The molecule has 0 saturated carbocycles. The van der Waals surface area contributed by atoms with E-state index in [1.165, 1.54) is 0 Å². The maximum atomic E-state index is 11.9. The summed E-state index contributed by atoms with van der Waals surface area (Å²) >= 11 is 0. The molecule has 1 aliphatic heterocycles. The first-order valence-electron chi connectivity index (χ1n) is 5.80. The first kappa shape index (κ1) is 11.9. The molecular weight excluding hydrogens is 216 g/mol. The monoisotopic (exact) mass is 234 g/mol. The number of nitrogens with zero attached hydrogens (tertiary/aromatic N) is 1. The minimum absolute atomic E-state index is 0.145. The van der Waals surface area contributed by atoms with E-state index < -0.39 is 0 Å². The summed E-state index contributed by atoms with van der Waals surface area (Å²) in [5.74, 6) is 1.23. The lowest BCUT2D eigenvalue weighted by Crippen LogP contribution is -2.25. The van der Waals surface area contributed by atoms with Crippen molar-refractivity contribution in [1.82, 2.24) is 0 Å². The number of carbonyl (C=O) groups excluding carboxylic acids is 1. The van der Waals surface area contributed by atoms with E-state index in [2.05, 4.69) is 0 Å². The van der Waals surface area contributed by atoms with Crippen molar-refractivity contribution in [3.8, 4) is 5.75 Å². The van der Waals surface area contributed by atoms with Crippen LogP contribution in [0.3, 0.4) is 0 Å². The molecule has 92 valence electrons. The molecule has 1 amide bonds. The van der Waals surface area contributed by atoms with Gasteiger partial charge in [-0.25, -0.2) is 0 Å². The normalized spacial score (nSPS) is 19.8. The van der Waals surface area contributed by atoms with E-state index >= 15 is 0 Å². The Morgan fingerprint density at radius 3 is 2.88 bits per heavy atom. The van der Waals surface area contributed by atoms with Gasteiger partial charge in [-0.3, -0.25) is 4.79 Å². The summed E-state index contributed by atoms with van der Waals surface area (Å²) in [6, 6.07) is 5.83. The highest BCUT2D eigenvalue weighted by Gasteiger charge is 2.29. The second kappa shape index (κ2) is 4.75. The van der Waals surface area contributed by atoms with Crippen LogP contribution in [0.25, 0.3) is 0 Å². The third-order valence-corrected chi connectivity index (χ3v) is 3.24. The van der Waals surface area contributed by atoms with E-state index in [0.29, 0.717) is 19.5 Å². The van der Waals surface area contributed by atoms with E-state index in [1.807, 2.05) is 25.1 Å². The summed E-state index contributed by atoms with van der Waals surface area (Å²) in [5.41, 5.74) is 7.58. The number of benzene rings is 1. The molecule has 0 bridgehead atoms. The van der Waals surface area contributed by atoms with Crippen LogP contribution in [0, 0.1) is 12.8 Å². The van der Waals surface area contributed by atoms with Crippen LogP contribution in [0.4, 0.5) is 5.69 Å². The zero-order valence-corrected chi connectivity index (χ0v) is 10.3. The molecule has 1 saturated heterocycles. The van der Waals surface area contributed by atoms with Crippen molar-refractivity contribution >= 4 is 11.6 Å². The van der Waals surface area contributed by atoms with Crippen LogP contribution in [0.5, 0.6) is 5.75 Å². The van der Waals surface area contributed by atoms with Crippen molar-refractivity contribution in [2.24, 2.45) is 11.7 Å². The van der Waals surface area contributed by atoms with Crippen molar-refractivity contribution in [3.63, 3.8) is 0 Å². The molecule has 0 radical (unpaired) electrons. The van der Waals surface area contributed by atoms with Gasteiger partial charge in [0.2, 0.25) is 5.91 Å². The Kier molecular flexibility index (Phi) is 3.33. The third kappa shape index (κ3) is 2.26. The molecule has 2 N–H and O–H groups in total. The molecule has 1 atom stereocenters. The quantitative estimate of drug-likeness (QED) is 0.858. The summed E-state index contributed by atoms with van der Waals surface area (Å²) < 4.78 is 5.27. The molecule has 0 aromatic heterocycles. The fourth-order valence-corrected chi connectivity index (χ4v) is 2.17. The molecule has 17 heavy (non-hydrogen) atoms. The van der Waals surface area contributed by atoms with Crippen LogP contribution in [0.2, 0.25) is 0 Å². The van der Waals surface area contributed by atoms with Crippen molar-refractivity contribution in [1.29, 1.82) is 0 Å².